The highest BCUT2D eigenvalue weighted by molar-refractivity contribution is 5.82. The van der Waals surface area contributed by atoms with Crippen molar-refractivity contribution in [3.8, 4) is 0 Å². The van der Waals surface area contributed by atoms with Gasteiger partial charge in [-0.05, 0) is 32.9 Å². The zero-order valence-electron chi connectivity index (χ0n) is 8.96. The van der Waals surface area contributed by atoms with E-state index in [1.165, 1.54) is 0 Å². The lowest BCUT2D eigenvalue weighted by Crippen LogP contribution is -2.39. The first kappa shape index (κ1) is 11.0. The molecule has 0 radical (unpaired) electrons. The number of hydrogen-bond donors (Lipinski definition) is 1. The van der Waals surface area contributed by atoms with Crippen LogP contribution in [-0.2, 0) is 11.2 Å². The summed E-state index contributed by atoms with van der Waals surface area (Å²) in [6, 6.07) is 3.61. The SMILES string of the molecule is CC(C)(C)NCC(=O)Cc1ccco1. The molecule has 0 bridgehead atoms. The Bertz CT molecular complexity index is 283. The molecule has 1 aromatic rings. The second kappa shape index (κ2) is 4.42. The van der Waals surface area contributed by atoms with Crippen molar-refractivity contribution in [2.45, 2.75) is 32.7 Å². The molecule has 1 N–H and O–H groups in total. The lowest BCUT2D eigenvalue weighted by molar-refractivity contribution is -0.118. The third-order valence-corrected chi connectivity index (χ3v) is 1.77. The molecular weight excluding hydrogens is 178 g/mol. The van der Waals surface area contributed by atoms with E-state index in [4.69, 9.17) is 4.42 Å². The van der Waals surface area contributed by atoms with E-state index in [2.05, 4.69) is 5.32 Å². The zero-order chi connectivity index (χ0) is 10.6. The van der Waals surface area contributed by atoms with Crippen LogP contribution >= 0.6 is 0 Å². The molecule has 0 aliphatic heterocycles. The molecule has 78 valence electrons. The number of rotatable bonds is 4. The Balaban J connectivity index is 2.30. The van der Waals surface area contributed by atoms with Crippen LogP contribution in [0.3, 0.4) is 0 Å². The minimum Gasteiger partial charge on any atom is -0.469 e. The lowest BCUT2D eigenvalue weighted by Gasteiger charge is -2.19. The van der Waals surface area contributed by atoms with E-state index >= 15 is 0 Å². The van der Waals surface area contributed by atoms with Gasteiger partial charge in [-0.1, -0.05) is 0 Å². The summed E-state index contributed by atoms with van der Waals surface area (Å²) in [5.74, 6) is 0.876. The molecule has 3 nitrogen and oxygen atoms in total. The van der Waals surface area contributed by atoms with Gasteiger partial charge in [-0.15, -0.1) is 0 Å². The second-order valence-electron chi connectivity index (χ2n) is 4.40. The molecule has 0 fully saturated rings. The van der Waals surface area contributed by atoms with E-state index in [1.807, 2.05) is 26.8 Å². The third kappa shape index (κ3) is 4.23. The standard InChI is InChI=1S/C11H17NO2/c1-11(2,3)12-8-9(13)7-10-5-4-6-14-10/h4-6,12H,7-8H2,1-3H3. The number of carbonyl (C=O) groups is 1. The van der Waals surface area contributed by atoms with Gasteiger partial charge >= 0.3 is 0 Å². The molecular formula is C11H17NO2. The van der Waals surface area contributed by atoms with E-state index in [0.29, 0.717) is 13.0 Å². The van der Waals surface area contributed by atoms with Gasteiger partial charge < -0.3 is 9.73 Å². The minimum atomic E-state index is -0.0151. The van der Waals surface area contributed by atoms with Gasteiger partial charge in [0.05, 0.1) is 19.2 Å². The normalized spacial score (nSPS) is 11.6. The average molecular weight is 195 g/mol. The lowest BCUT2D eigenvalue weighted by atomic mass is 10.1. The first-order valence-corrected chi connectivity index (χ1v) is 4.76. The smallest absolute Gasteiger partial charge is 0.154 e. The molecule has 0 unspecified atom stereocenters. The summed E-state index contributed by atoms with van der Waals surface area (Å²) in [5, 5.41) is 3.14. The zero-order valence-corrected chi connectivity index (χ0v) is 8.96. The maximum atomic E-state index is 11.4. The fourth-order valence-electron chi connectivity index (χ4n) is 1.03. The molecule has 1 heterocycles. The number of hydrogen-bond acceptors (Lipinski definition) is 3. The molecule has 1 rings (SSSR count). The Morgan fingerprint density at radius 1 is 1.50 bits per heavy atom. The van der Waals surface area contributed by atoms with Crippen molar-refractivity contribution in [1.82, 2.24) is 5.32 Å². The molecule has 0 atom stereocenters. The fourth-order valence-corrected chi connectivity index (χ4v) is 1.03. The molecule has 0 amide bonds. The van der Waals surface area contributed by atoms with Crippen LogP contribution in [0, 0.1) is 0 Å². The Kier molecular flexibility index (Phi) is 3.47. The maximum absolute atomic E-state index is 11.4. The topological polar surface area (TPSA) is 42.2 Å². The highest BCUT2D eigenvalue weighted by Crippen LogP contribution is 2.02. The van der Waals surface area contributed by atoms with Crippen molar-refractivity contribution < 1.29 is 9.21 Å². The van der Waals surface area contributed by atoms with Crippen LogP contribution in [0.15, 0.2) is 22.8 Å². The first-order valence-electron chi connectivity index (χ1n) is 4.76. The Hall–Kier alpha value is -1.09. The number of carbonyl (C=O) groups excluding carboxylic acids is 1. The van der Waals surface area contributed by atoms with Crippen LogP contribution in [0.2, 0.25) is 0 Å². The van der Waals surface area contributed by atoms with Crippen molar-refractivity contribution in [2.75, 3.05) is 6.54 Å². The summed E-state index contributed by atoms with van der Waals surface area (Å²) in [6.45, 7) is 6.50. The molecule has 0 saturated carbocycles. The summed E-state index contributed by atoms with van der Waals surface area (Å²) < 4.78 is 5.09. The van der Waals surface area contributed by atoms with Crippen molar-refractivity contribution >= 4 is 5.78 Å². The van der Waals surface area contributed by atoms with E-state index in [1.54, 1.807) is 12.3 Å². The molecule has 0 aromatic carbocycles. The second-order valence-corrected chi connectivity index (χ2v) is 4.40. The number of ketones is 1. The Morgan fingerprint density at radius 2 is 2.21 bits per heavy atom. The third-order valence-electron chi connectivity index (χ3n) is 1.77. The number of Topliss-reactive ketones (excluding diaryl/α,β-unsaturated/α-hetero) is 1. The highest BCUT2D eigenvalue weighted by atomic mass is 16.3. The summed E-state index contributed by atoms with van der Waals surface area (Å²) >= 11 is 0. The minimum absolute atomic E-state index is 0.0151. The van der Waals surface area contributed by atoms with Crippen LogP contribution in [0.1, 0.15) is 26.5 Å². The quantitative estimate of drug-likeness (QED) is 0.796. The van der Waals surface area contributed by atoms with Crippen LogP contribution in [0.5, 0.6) is 0 Å². The summed E-state index contributed by atoms with van der Waals surface area (Å²) in [5.41, 5.74) is -0.0151. The van der Waals surface area contributed by atoms with E-state index in [9.17, 15) is 4.79 Å². The molecule has 0 saturated heterocycles. The highest BCUT2D eigenvalue weighted by Gasteiger charge is 2.12. The molecule has 0 spiro atoms. The van der Waals surface area contributed by atoms with Crippen LogP contribution in [0.4, 0.5) is 0 Å². The predicted octanol–water partition coefficient (Wildman–Crippen LogP) is 1.78. The Morgan fingerprint density at radius 3 is 2.71 bits per heavy atom. The Labute approximate surface area is 84.5 Å². The summed E-state index contributed by atoms with van der Waals surface area (Å²) in [7, 11) is 0. The van der Waals surface area contributed by atoms with Crippen molar-refractivity contribution in [3.05, 3.63) is 24.2 Å². The van der Waals surface area contributed by atoms with Crippen LogP contribution in [-0.4, -0.2) is 17.9 Å². The summed E-state index contributed by atoms with van der Waals surface area (Å²) in [4.78, 5) is 11.4. The van der Waals surface area contributed by atoms with Gasteiger partial charge in [0.1, 0.15) is 5.76 Å². The molecule has 14 heavy (non-hydrogen) atoms. The van der Waals surface area contributed by atoms with Crippen LogP contribution < -0.4 is 5.32 Å². The molecule has 3 heteroatoms. The predicted molar refractivity (Wildman–Crippen MR) is 55.2 cm³/mol. The fraction of sp³-hybridized carbons (Fsp3) is 0.545. The van der Waals surface area contributed by atoms with Gasteiger partial charge in [0, 0.05) is 5.54 Å². The van der Waals surface area contributed by atoms with Gasteiger partial charge in [0.15, 0.2) is 5.78 Å². The van der Waals surface area contributed by atoms with Gasteiger partial charge in [-0.3, -0.25) is 4.79 Å². The molecule has 0 aliphatic rings. The van der Waals surface area contributed by atoms with Crippen molar-refractivity contribution in [2.24, 2.45) is 0 Å². The van der Waals surface area contributed by atoms with Crippen molar-refractivity contribution in [3.63, 3.8) is 0 Å². The number of nitrogens with one attached hydrogen (secondary N) is 1. The first-order chi connectivity index (χ1) is 6.47. The van der Waals surface area contributed by atoms with Gasteiger partial charge in [-0.2, -0.15) is 0 Å². The van der Waals surface area contributed by atoms with Gasteiger partial charge in [0.25, 0.3) is 0 Å². The molecule has 1 aromatic heterocycles. The maximum Gasteiger partial charge on any atom is 0.154 e. The molecule has 0 aliphatic carbocycles. The summed E-state index contributed by atoms with van der Waals surface area (Å²) in [6.07, 6.45) is 1.95. The number of furan rings is 1. The van der Waals surface area contributed by atoms with E-state index < -0.39 is 0 Å². The monoisotopic (exact) mass is 195 g/mol. The van der Waals surface area contributed by atoms with Gasteiger partial charge in [0.2, 0.25) is 0 Å². The van der Waals surface area contributed by atoms with Crippen LogP contribution in [0.25, 0.3) is 0 Å². The van der Waals surface area contributed by atoms with E-state index in [0.717, 1.165) is 5.76 Å². The van der Waals surface area contributed by atoms with Crippen molar-refractivity contribution in [1.29, 1.82) is 0 Å². The largest absolute Gasteiger partial charge is 0.469 e. The average Bonchev–Trinajstić information content (AvgIpc) is 2.52. The van der Waals surface area contributed by atoms with Gasteiger partial charge in [-0.25, -0.2) is 0 Å². The van der Waals surface area contributed by atoms with E-state index in [-0.39, 0.29) is 11.3 Å².